The van der Waals surface area contributed by atoms with E-state index in [2.05, 4.69) is 9.97 Å². The molecule has 2 aromatic rings. The number of carbonyl (C=O) groups is 1. The van der Waals surface area contributed by atoms with Crippen molar-refractivity contribution < 1.29 is 9.18 Å². The number of rotatable bonds is 3. The fourth-order valence-corrected chi connectivity index (χ4v) is 3.02. The molecule has 1 unspecified atom stereocenters. The van der Waals surface area contributed by atoms with Crippen molar-refractivity contribution in [2.45, 2.75) is 19.4 Å². The third-order valence-corrected chi connectivity index (χ3v) is 4.56. The maximum absolute atomic E-state index is 14.1. The van der Waals surface area contributed by atoms with Crippen LogP contribution in [-0.4, -0.2) is 33.4 Å². The second-order valence-electron chi connectivity index (χ2n) is 5.87. The number of nitrogens with two attached hydrogens (primary N) is 2. The minimum absolute atomic E-state index is 0.0477. The number of aromatic nitrogens is 2. The first-order valence-electron chi connectivity index (χ1n) is 7.96. The molecule has 1 aliphatic rings. The predicted octanol–water partition coefficient (Wildman–Crippen LogP) is 2.05. The molecule has 3 rings (SSSR count). The molecule has 0 spiro atoms. The van der Waals surface area contributed by atoms with Crippen LogP contribution in [0.4, 0.5) is 10.3 Å². The number of benzene rings is 1. The number of amides is 1. The summed E-state index contributed by atoms with van der Waals surface area (Å²) < 4.78 is 14.1. The molecule has 0 saturated heterocycles. The van der Waals surface area contributed by atoms with E-state index in [1.165, 1.54) is 22.0 Å². The third kappa shape index (κ3) is 3.33. The van der Waals surface area contributed by atoms with Crippen molar-refractivity contribution in [3.8, 4) is 0 Å². The SMILES string of the molecule is CC1C(N)=C(N(N)c2ncccn2)CCN1C(=O)c1ccc(Cl)cc1F. The van der Waals surface area contributed by atoms with Gasteiger partial charge in [-0.25, -0.2) is 25.2 Å². The largest absolute Gasteiger partial charge is 0.399 e. The summed E-state index contributed by atoms with van der Waals surface area (Å²) >= 11 is 5.75. The van der Waals surface area contributed by atoms with Crippen molar-refractivity contribution in [1.82, 2.24) is 14.9 Å². The van der Waals surface area contributed by atoms with Crippen LogP contribution in [0.25, 0.3) is 0 Å². The summed E-state index contributed by atoms with van der Waals surface area (Å²) in [5, 5.41) is 1.55. The second-order valence-corrected chi connectivity index (χ2v) is 6.31. The predicted molar refractivity (Wildman–Crippen MR) is 96.4 cm³/mol. The van der Waals surface area contributed by atoms with Gasteiger partial charge in [0.1, 0.15) is 5.82 Å². The molecule has 0 saturated carbocycles. The van der Waals surface area contributed by atoms with Gasteiger partial charge in [-0.3, -0.25) is 4.79 Å². The molecule has 1 atom stereocenters. The summed E-state index contributed by atoms with van der Waals surface area (Å²) in [6, 6.07) is 5.18. The molecule has 4 N–H and O–H groups in total. The molecule has 0 bridgehead atoms. The number of anilines is 1. The summed E-state index contributed by atoms with van der Waals surface area (Å²) in [7, 11) is 0. The first-order chi connectivity index (χ1) is 12.4. The summed E-state index contributed by atoms with van der Waals surface area (Å²) in [4.78, 5) is 22.4. The zero-order chi connectivity index (χ0) is 18.8. The van der Waals surface area contributed by atoms with Crippen LogP contribution < -0.4 is 16.6 Å². The number of hydrogen-bond acceptors (Lipinski definition) is 6. The van der Waals surface area contributed by atoms with Crippen molar-refractivity contribution in [3.63, 3.8) is 0 Å². The van der Waals surface area contributed by atoms with Crippen LogP contribution in [0.1, 0.15) is 23.7 Å². The van der Waals surface area contributed by atoms with E-state index in [-0.39, 0.29) is 10.6 Å². The summed E-state index contributed by atoms with van der Waals surface area (Å²) in [6.45, 7) is 2.10. The molecule has 0 radical (unpaired) electrons. The van der Waals surface area contributed by atoms with Gasteiger partial charge in [0, 0.05) is 30.4 Å². The Bertz CT molecular complexity index is 860. The second kappa shape index (κ2) is 7.27. The van der Waals surface area contributed by atoms with Gasteiger partial charge in [-0.15, -0.1) is 0 Å². The molecule has 0 aliphatic carbocycles. The van der Waals surface area contributed by atoms with E-state index in [9.17, 15) is 9.18 Å². The number of carbonyl (C=O) groups excluding carboxylic acids is 1. The minimum atomic E-state index is -0.666. The standard InChI is InChI=1S/C17H18ClFN6O/c1-10-15(20)14(25(21)17-22-6-2-7-23-17)5-8-24(10)16(26)12-4-3-11(18)9-13(12)19/h2-4,6-7,9-10H,5,8,20-21H2,1H3. The monoisotopic (exact) mass is 376 g/mol. The Kier molecular flexibility index (Phi) is 5.06. The average molecular weight is 377 g/mol. The van der Waals surface area contributed by atoms with Crippen molar-refractivity contribution in [2.75, 3.05) is 11.6 Å². The highest BCUT2D eigenvalue weighted by atomic mass is 35.5. The molecule has 9 heteroatoms. The highest BCUT2D eigenvalue weighted by Crippen LogP contribution is 2.26. The van der Waals surface area contributed by atoms with Crippen molar-refractivity contribution >= 4 is 23.5 Å². The number of hydrazine groups is 1. The molecule has 7 nitrogen and oxygen atoms in total. The fourth-order valence-electron chi connectivity index (χ4n) is 2.86. The summed E-state index contributed by atoms with van der Waals surface area (Å²) in [6.07, 6.45) is 3.54. The quantitative estimate of drug-likeness (QED) is 0.628. The van der Waals surface area contributed by atoms with Crippen molar-refractivity contribution in [3.05, 3.63) is 64.5 Å². The van der Waals surface area contributed by atoms with Gasteiger partial charge in [0.25, 0.3) is 5.91 Å². The minimum Gasteiger partial charge on any atom is -0.399 e. The topological polar surface area (TPSA) is 101 Å². The van der Waals surface area contributed by atoms with Crippen LogP contribution >= 0.6 is 11.6 Å². The maximum Gasteiger partial charge on any atom is 0.257 e. The highest BCUT2D eigenvalue weighted by molar-refractivity contribution is 6.30. The Morgan fingerprint density at radius 2 is 2.08 bits per heavy atom. The maximum atomic E-state index is 14.1. The van der Waals surface area contributed by atoms with Gasteiger partial charge in [-0.05, 0) is 31.2 Å². The lowest BCUT2D eigenvalue weighted by atomic mass is 10.0. The van der Waals surface area contributed by atoms with Gasteiger partial charge in [0.15, 0.2) is 0 Å². The van der Waals surface area contributed by atoms with Crippen LogP contribution in [0.5, 0.6) is 0 Å². The van der Waals surface area contributed by atoms with Gasteiger partial charge in [0.05, 0.1) is 23.0 Å². The molecule has 1 amide bonds. The smallest absolute Gasteiger partial charge is 0.257 e. The number of nitrogens with zero attached hydrogens (tertiary/aromatic N) is 4. The third-order valence-electron chi connectivity index (χ3n) is 4.32. The van der Waals surface area contributed by atoms with E-state index in [0.29, 0.717) is 30.3 Å². The van der Waals surface area contributed by atoms with E-state index in [0.717, 1.165) is 6.07 Å². The molecule has 0 fully saturated rings. The van der Waals surface area contributed by atoms with Gasteiger partial charge in [-0.2, -0.15) is 0 Å². The number of halogens is 2. The van der Waals surface area contributed by atoms with Crippen LogP contribution in [0.3, 0.4) is 0 Å². The molecule has 136 valence electrons. The molecule has 1 aliphatic heterocycles. The summed E-state index contributed by atoms with van der Waals surface area (Å²) in [5.41, 5.74) is 7.22. The van der Waals surface area contributed by atoms with Crippen LogP contribution in [-0.2, 0) is 0 Å². The van der Waals surface area contributed by atoms with E-state index in [4.69, 9.17) is 23.2 Å². The lowest BCUT2D eigenvalue weighted by Crippen LogP contribution is -2.49. The Labute approximate surface area is 155 Å². The van der Waals surface area contributed by atoms with E-state index in [1.54, 1.807) is 25.4 Å². The average Bonchev–Trinajstić information content (AvgIpc) is 2.63. The van der Waals surface area contributed by atoms with Gasteiger partial charge < -0.3 is 10.6 Å². The van der Waals surface area contributed by atoms with Gasteiger partial charge in [-0.1, -0.05) is 11.6 Å². The summed E-state index contributed by atoms with van der Waals surface area (Å²) in [5.74, 6) is 5.28. The fraction of sp³-hybridized carbons (Fsp3) is 0.235. The molecule has 26 heavy (non-hydrogen) atoms. The van der Waals surface area contributed by atoms with E-state index in [1.807, 2.05) is 0 Å². The van der Waals surface area contributed by atoms with Gasteiger partial charge >= 0.3 is 0 Å². The molecular weight excluding hydrogens is 359 g/mol. The van der Waals surface area contributed by atoms with Crippen molar-refractivity contribution in [1.29, 1.82) is 0 Å². The molecule has 1 aromatic heterocycles. The van der Waals surface area contributed by atoms with E-state index >= 15 is 0 Å². The zero-order valence-corrected chi connectivity index (χ0v) is 14.8. The first kappa shape index (κ1) is 18.1. The Hall–Kier alpha value is -2.71. The highest BCUT2D eigenvalue weighted by Gasteiger charge is 2.32. The number of hydrogen-bond donors (Lipinski definition) is 2. The molecule has 2 heterocycles. The normalized spacial score (nSPS) is 17.4. The Morgan fingerprint density at radius 3 is 2.73 bits per heavy atom. The zero-order valence-electron chi connectivity index (χ0n) is 14.1. The molecular formula is C17H18ClFN6O. The first-order valence-corrected chi connectivity index (χ1v) is 8.34. The lowest BCUT2D eigenvalue weighted by molar-refractivity contribution is 0.0699. The lowest BCUT2D eigenvalue weighted by Gasteiger charge is -2.37. The Morgan fingerprint density at radius 1 is 1.38 bits per heavy atom. The van der Waals surface area contributed by atoms with Gasteiger partial charge in [0.2, 0.25) is 5.95 Å². The van der Waals surface area contributed by atoms with Crippen LogP contribution in [0.15, 0.2) is 48.1 Å². The van der Waals surface area contributed by atoms with E-state index < -0.39 is 17.8 Å². The Balaban J connectivity index is 1.86. The molecule has 1 aromatic carbocycles. The van der Waals surface area contributed by atoms with Crippen molar-refractivity contribution in [2.24, 2.45) is 11.6 Å². The van der Waals surface area contributed by atoms with Crippen LogP contribution in [0, 0.1) is 5.82 Å². The van der Waals surface area contributed by atoms with Crippen LogP contribution in [0.2, 0.25) is 5.02 Å².